The summed E-state index contributed by atoms with van der Waals surface area (Å²) in [7, 11) is 0. The predicted molar refractivity (Wildman–Crippen MR) is 76.8 cm³/mol. The van der Waals surface area contributed by atoms with Crippen LogP contribution < -0.4 is 0 Å². The highest BCUT2D eigenvalue weighted by Crippen LogP contribution is 2.17. The van der Waals surface area contributed by atoms with Crippen LogP contribution in [0.5, 0.6) is 0 Å². The van der Waals surface area contributed by atoms with Crippen LogP contribution in [0.3, 0.4) is 0 Å². The Morgan fingerprint density at radius 3 is 2.84 bits per heavy atom. The Kier molecular flexibility index (Phi) is 3.95. The van der Waals surface area contributed by atoms with Crippen molar-refractivity contribution >= 4 is 22.9 Å². The highest BCUT2D eigenvalue weighted by Gasteiger charge is 2.04. The van der Waals surface area contributed by atoms with Crippen molar-refractivity contribution in [3.8, 4) is 0 Å². The van der Waals surface area contributed by atoms with Gasteiger partial charge in [0.1, 0.15) is 0 Å². The molecular formula is C16H17NO2. The molecule has 0 radical (unpaired) electrons. The molecule has 0 aliphatic heterocycles. The van der Waals surface area contributed by atoms with E-state index in [1.807, 2.05) is 43.3 Å². The van der Waals surface area contributed by atoms with Gasteiger partial charge in [-0.3, -0.25) is 4.98 Å². The normalized spacial score (nSPS) is 11.6. The largest absolute Gasteiger partial charge is 0.463 e. The lowest BCUT2D eigenvalue weighted by atomic mass is 10.1. The Bertz CT molecular complexity index is 644. The molecule has 2 rings (SSSR count). The average molecular weight is 255 g/mol. The van der Waals surface area contributed by atoms with Crippen LogP contribution in [-0.2, 0) is 9.53 Å². The Morgan fingerprint density at radius 1 is 1.32 bits per heavy atom. The van der Waals surface area contributed by atoms with E-state index in [1.165, 1.54) is 0 Å². The zero-order chi connectivity index (χ0) is 13.8. The number of fused-ring (bicyclic) bond motifs is 1. The van der Waals surface area contributed by atoms with Crippen molar-refractivity contribution in [1.29, 1.82) is 0 Å². The Balaban J connectivity index is 2.33. The van der Waals surface area contributed by atoms with Gasteiger partial charge in [-0.25, -0.2) is 4.79 Å². The molecule has 3 heteroatoms. The maximum absolute atomic E-state index is 11.6. The van der Waals surface area contributed by atoms with Gasteiger partial charge in [0.25, 0.3) is 0 Å². The lowest BCUT2D eigenvalue weighted by Gasteiger charge is -2.03. The number of rotatable bonds is 3. The lowest BCUT2D eigenvalue weighted by molar-refractivity contribution is -0.138. The van der Waals surface area contributed by atoms with Crippen LogP contribution >= 0.6 is 0 Å². The van der Waals surface area contributed by atoms with E-state index in [0.29, 0.717) is 12.2 Å². The first-order valence-corrected chi connectivity index (χ1v) is 6.33. The summed E-state index contributed by atoms with van der Waals surface area (Å²) in [5, 5.41) is 1.07. The minimum absolute atomic E-state index is 0.273. The number of carbonyl (C=O) groups is 1. The maximum Gasteiger partial charge on any atom is 0.333 e. The predicted octanol–water partition coefficient (Wildman–Crippen LogP) is 3.51. The van der Waals surface area contributed by atoms with Gasteiger partial charge in [0.15, 0.2) is 0 Å². The Morgan fingerprint density at radius 2 is 2.11 bits per heavy atom. The van der Waals surface area contributed by atoms with Crippen molar-refractivity contribution < 1.29 is 9.53 Å². The molecular weight excluding hydrogens is 238 g/mol. The number of pyridine rings is 1. The summed E-state index contributed by atoms with van der Waals surface area (Å²) in [4.78, 5) is 16.0. The van der Waals surface area contributed by atoms with Crippen LogP contribution in [-0.4, -0.2) is 17.6 Å². The van der Waals surface area contributed by atoms with E-state index in [1.54, 1.807) is 13.8 Å². The van der Waals surface area contributed by atoms with Crippen molar-refractivity contribution in [3.05, 3.63) is 47.2 Å². The van der Waals surface area contributed by atoms with Gasteiger partial charge in [0, 0.05) is 16.7 Å². The zero-order valence-corrected chi connectivity index (χ0v) is 11.4. The number of carbonyl (C=O) groups excluding carboxylic acids is 1. The minimum atomic E-state index is -0.273. The van der Waals surface area contributed by atoms with Crippen molar-refractivity contribution in [2.45, 2.75) is 20.8 Å². The van der Waals surface area contributed by atoms with E-state index >= 15 is 0 Å². The molecule has 0 N–H and O–H groups in total. The van der Waals surface area contributed by atoms with E-state index in [9.17, 15) is 4.79 Å². The van der Waals surface area contributed by atoms with Crippen LogP contribution in [0.2, 0.25) is 0 Å². The fourth-order valence-corrected chi connectivity index (χ4v) is 1.89. The SMILES string of the molecule is CCOC(=O)/C(C)=C/c1ccc2nc(C)ccc2c1. The fourth-order valence-electron chi connectivity index (χ4n) is 1.89. The standard InChI is InChI=1S/C16H17NO2/c1-4-19-16(18)11(2)9-13-6-8-15-14(10-13)7-5-12(3)17-15/h5-10H,4H2,1-3H3/b11-9+. The van der Waals surface area contributed by atoms with Crippen LogP contribution in [0, 0.1) is 6.92 Å². The molecule has 0 aliphatic carbocycles. The summed E-state index contributed by atoms with van der Waals surface area (Å²) in [5.74, 6) is -0.273. The number of aromatic nitrogens is 1. The van der Waals surface area contributed by atoms with Gasteiger partial charge in [-0.1, -0.05) is 12.1 Å². The molecule has 98 valence electrons. The monoisotopic (exact) mass is 255 g/mol. The second kappa shape index (κ2) is 5.65. The first-order valence-electron chi connectivity index (χ1n) is 6.33. The highest BCUT2D eigenvalue weighted by molar-refractivity contribution is 5.93. The minimum Gasteiger partial charge on any atom is -0.463 e. The third-order valence-corrected chi connectivity index (χ3v) is 2.83. The second-order valence-corrected chi connectivity index (χ2v) is 4.45. The van der Waals surface area contributed by atoms with Gasteiger partial charge in [0.2, 0.25) is 0 Å². The lowest BCUT2D eigenvalue weighted by Crippen LogP contribution is -2.04. The van der Waals surface area contributed by atoms with Crippen molar-refractivity contribution in [2.75, 3.05) is 6.61 Å². The van der Waals surface area contributed by atoms with Gasteiger partial charge < -0.3 is 4.74 Å². The van der Waals surface area contributed by atoms with Crippen molar-refractivity contribution in [2.24, 2.45) is 0 Å². The second-order valence-electron chi connectivity index (χ2n) is 4.45. The molecule has 19 heavy (non-hydrogen) atoms. The molecule has 0 aliphatic rings. The molecule has 1 heterocycles. The molecule has 3 nitrogen and oxygen atoms in total. The summed E-state index contributed by atoms with van der Waals surface area (Å²) in [5.41, 5.74) is 3.54. The molecule has 0 saturated heterocycles. The van der Waals surface area contributed by atoms with Crippen molar-refractivity contribution in [3.63, 3.8) is 0 Å². The van der Waals surface area contributed by atoms with E-state index in [0.717, 1.165) is 22.2 Å². The smallest absolute Gasteiger partial charge is 0.333 e. The van der Waals surface area contributed by atoms with Gasteiger partial charge in [-0.05, 0) is 50.6 Å². The number of nitrogens with zero attached hydrogens (tertiary/aromatic N) is 1. The van der Waals surface area contributed by atoms with Gasteiger partial charge in [-0.15, -0.1) is 0 Å². The van der Waals surface area contributed by atoms with Crippen LogP contribution in [0.15, 0.2) is 35.9 Å². The van der Waals surface area contributed by atoms with Gasteiger partial charge in [-0.2, -0.15) is 0 Å². The summed E-state index contributed by atoms with van der Waals surface area (Å²) in [6.45, 7) is 5.92. The molecule has 0 amide bonds. The van der Waals surface area contributed by atoms with Gasteiger partial charge in [0.05, 0.1) is 12.1 Å². The number of esters is 1. The summed E-state index contributed by atoms with van der Waals surface area (Å²) < 4.78 is 4.96. The molecule has 0 fully saturated rings. The van der Waals surface area contributed by atoms with Crippen LogP contribution in [0.25, 0.3) is 17.0 Å². The topological polar surface area (TPSA) is 39.2 Å². The molecule has 2 aromatic rings. The van der Waals surface area contributed by atoms with Crippen LogP contribution in [0.4, 0.5) is 0 Å². The number of hydrogen-bond acceptors (Lipinski definition) is 3. The first kappa shape index (κ1) is 13.3. The molecule has 0 atom stereocenters. The number of aryl methyl sites for hydroxylation is 1. The first-order chi connectivity index (χ1) is 9.10. The molecule has 0 saturated carbocycles. The van der Waals surface area contributed by atoms with E-state index in [2.05, 4.69) is 4.98 Å². The summed E-state index contributed by atoms with van der Waals surface area (Å²) in [6.07, 6.45) is 1.83. The number of hydrogen-bond donors (Lipinski definition) is 0. The molecule has 1 aromatic heterocycles. The Hall–Kier alpha value is -2.16. The molecule has 0 bridgehead atoms. The molecule has 0 spiro atoms. The van der Waals surface area contributed by atoms with Gasteiger partial charge >= 0.3 is 5.97 Å². The summed E-state index contributed by atoms with van der Waals surface area (Å²) >= 11 is 0. The quantitative estimate of drug-likeness (QED) is 0.622. The third-order valence-electron chi connectivity index (χ3n) is 2.83. The van der Waals surface area contributed by atoms with E-state index in [4.69, 9.17) is 4.74 Å². The maximum atomic E-state index is 11.6. The van der Waals surface area contributed by atoms with E-state index < -0.39 is 0 Å². The van der Waals surface area contributed by atoms with Crippen molar-refractivity contribution in [1.82, 2.24) is 4.98 Å². The fraction of sp³-hybridized carbons (Fsp3) is 0.250. The Labute approximate surface area is 112 Å². The zero-order valence-electron chi connectivity index (χ0n) is 11.4. The number of benzene rings is 1. The van der Waals surface area contributed by atoms with E-state index in [-0.39, 0.29) is 5.97 Å². The summed E-state index contributed by atoms with van der Waals surface area (Å²) in [6, 6.07) is 9.96. The highest BCUT2D eigenvalue weighted by atomic mass is 16.5. The average Bonchev–Trinajstić information content (AvgIpc) is 2.39. The molecule has 1 aromatic carbocycles. The number of ether oxygens (including phenoxy) is 1. The van der Waals surface area contributed by atoms with Crippen LogP contribution in [0.1, 0.15) is 25.1 Å². The third kappa shape index (κ3) is 3.19. The molecule has 0 unspecified atom stereocenters.